The maximum absolute atomic E-state index is 6.07. The van der Waals surface area contributed by atoms with Crippen LogP contribution in [0, 0.1) is 6.92 Å². The van der Waals surface area contributed by atoms with Crippen LogP contribution in [-0.2, 0) is 11.3 Å². The normalized spacial score (nSPS) is 10.6. The summed E-state index contributed by atoms with van der Waals surface area (Å²) < 4.78 is 5.50. The molecule has 1 rings (SSSR count). The van der Waals surface area contributed by atoms with Gasteiger partial charge in [0.25, 0.3) is 0 Å². The molecule has 0 saturated carbocycles. The van der Waals surface area contributed by atoms with Crippen molar-refractivity contribution in [1.29, 1.82) is 0 Å². The minimum atomic E-state index is 0.588. The van der Waals surface area contributed by atoms with Gasteiger partial charge in [0.05, 0.1) is 13.2 Å². The SMILES string of the molecule is CCNCCOCc1ccc(C)cc1Cl. The number of rotatable bonds is 6. The minimum Gasteiger partial charge on any atom is -0.375 e. The molecule has 15 heavy (non-hydrogen) atoms. The van der Waals surface area contributed by atoms with Gasteiger partial charge in [0.15, 0.2) is 0 Å². The smallest absolute Gasteiger partial charge is 0.0731 e. The first-order chi connectivity index (χ1) is 7.24. The van der Waals surface area contributed by atoms with E-state index in [1.54, 1.807) is 0 Å². The van der Waals surface area contributed by atoms with Crippen LogP contribution in [-0.4, -0.2) is 19.7 Å². The van der Waals surface area contributed by atoms with Crippen LogP contribution in [0.4, 0.5) is 0 Å². The molecule has 1 N–H and O–H groups in total. The van der Waals surface area contributed by atoms with Gasteiger partial charge in [-0.15, -0.1) is 0 Å². The van der Waals surface area contributed by atoms with E-state index in [2.05, 4.69) is 18.3 Å². The second-order valence-corrected chi connectivity index (χ2v) is 3.91. The molecule has 0 bridgehead atoms. The zero-order valence-corrected chi connectivity index (χ0v) is 10.1. The van der Waals surface area contributed by atoms with Crippen LogP contribution in [0.5, 0.6) is 0 Å². The summed E-state index contributed by atoms with van der Waals surface area (Å²) in [5.41, 5.74) is 2.23. The Kier molecular flexibility index (Phi) is 5.69. The Morgan fingerprint density at radius 2 is 2.20 bits per heavy atom. The maximum atomic E-state index is 6.07. The fraction of sp³-hybridized carbons (Fsp3) is 0.500. The number of likely N-dealkylation sites (N-methyl/N-ethyl adjacent to an activating group) is 1. The minimum absolute atomic E-state index is 0.588. The van der Waals surface area contributed by atoms with Crippen LogP contribution < -0.4 is 5.32 Å². The lowest BCUT2D eigenvalue weighted by molar-refractivity contribution is 0.123. The van der Waals surface area contributed by atoms with E-state index >= 15 is 0 Å². The third kappa shape index (κ3) is 4.65. The monoisotopic (exact) mass is 227 g/mol. The van der Waals surface area contributed by atoms with E-state index in [0.29, 0.717) is 6.61 Å². The first-order valence-electron chi connectivity index (χ1n) is 5.27. The van der Waals surface area contributed by atoms with Crippen LogP contribution in [0.25, 0.3) is 0 Å². The Hall–Kier alpha value is -0.570. The average Bonchev–Trinajstić information content (AvgIpc) is 2.20. The number of hydrogen-bond acceptors (Lipinski definition) is 2. The molecule has 0 amide bonds. The summed E-state index contributed by atoms with van der Waals surface area (Å²) in [5, 5.41) is 3.99. The van der Waals surface area contributed by atoms with E-state index in [4.69, 9.17) is 16.3 Å². The zero-order chi connectivity index (χ0) is 11.1. The summed E-state index contributed by atoms with van der Waals surface area (Å²) in [6.07, 6.45) is 0. The van der Waals surface area contributed by atoms with Crippen LogP contribution in [0.3, 0.4) is 0 Å². The summed E-state index contributed by atoms with van der Waals surface area (Å²) in [6, 6.07) is 6.03. The van der Waals surface area contributed by atoms with Gasteiger partial charge in [-0.25, -0.2) is 0 Å². The van der Waals surface area contributed by atoms with Gasteiger partial charge in [0.1, 0.15) is 0 Å². The van der Waals surface area contributed by atoms with Gasteiger partial charge in [-0.2, -0.15) is 0 Å². The van der Waals surface area contributed by atoms with Crippen molar-refractivity contribution in [2.45, 2.75) is 20.5 Å². The van der Waals surface area contributed by atoms with Crippen molar-refractivity contribution in [3.8, 4) is 0 Å². The molecule has 0 aliphatic rings. The Bertz CT molecular complexity index is 302. The summed E-state index contributed by atoms with van der Waals surface area (Å²) in [6.45, 7) is 7.29. The van der Waals surface area contributed by atoms with Crippen LogP contribution in [0.1, 0.15) is 18.1 Å². The lowest BCUT2D eigenvalue weighted by Crippen LogP contribution is -2.18. The fourth-order valence-electron chi connectivity index (χ4n) is 1.27. The topological polar surface area (TPSA) is 21.3 Å². The fourth-order valence-corrected chi connectivity index (χ4v) is 1.56. The number of aryl methyl sites for hydroxylation is 1. The van der Waals surface area contributed by atoms with Gasteiger partial charge in [-0.1, -0.05) is 30.7 Å². The highest BCUT2D eigenvalue weighted by Crippen LogP contribution is 2.18. The Morgan fingerprint density at radius 3 is 2.87 bits per heavy atom. The number of nitrogens with one attached hydrogen (secondary N) is 1. The quantitative estimate of drug-likeness (QED) is 0.755. The molecule has 3 heteroatoms. The first-order valence-corrected chi connectivity index (χ1v) is 5.65. The molecule has 0 unspecified atom stereocenters. The van der Waals surface area contributed by atoms with E-state index in [1.165, 1.54) is 5.56 Å². The maximum Gasteiger partial charge on any atom is 0.0731 e. The Morgan fingerprint density at radius 1 is 1.40 bits per heavy atom. The molecule has 0 radical (unpaired) electrons. The van der Waals surface area contributed by atoms with Crippen molar-refractivity contribution < 1.29 is 4.74 Å². The van der Waals surface area contributed by atoms with E-state index in [9.17, 15) is 0 Å². The molecule has 1 aromatic rings. The molecule has 0 fully saturated rings. The lowest BCUT2D eigenvalue weighted by atomic mass is 10.2. The first kappa shape index (κ1) is 12.5. The highest BCUT2D eigenvalue weighted by atomic mass is 35.5. The average molecular weight is 228 g/mol. The van der Waals surface area contributed by atoms with Crippen LogP contribution in [0.2, 0.25) is 5.02 Å². The number of halogens is 1. The molecular formula is C12H18ClNO. The number of benzene rings is 1. The largest absolute Gasteiger partial charge is 0.375 e. The summed E-state index contributed by atoms with van der Waals surface area (Å²) >= 11 is 6.07. The molecular weight excluding hydrogens is 210 g/mol. The summed E-state index contributed by atoms with van der Waals surface area (Å²) in [7, 11) is 0. The third-order valence-corrected chi connectivity index (χ3v) is 2.49. The highest BCUT2D eigenvalue weighted by Gasteiger charge is 1.99. The van der Waals surface area contributed by atoms with Gasteiger partial charge in [0, 0.05) is 11.6 Å². The van der Waals surface area contributed by atoms with Gasteiger partial charge >= 0.3 is 0 Å². The summed E-state index contributed by atoms with van der Waals surface area (Å²) in [5.74, 6) is 0. The van der Waals surface area contributed by atoms with Crippen molar-refractivity contribution >= 4 is 11.6 Å². The zero-order valence-electron chi connectivity index (χ0n) is 9.35. The Balaban J connectivity index is 2.31. The van der Waals surface area contributed by atoms with E-state index in [0.717, 1.165) is 30.3 Å². The highest BCUT2D eigenvalue weighted by molar-refractivity contribution is 6.31. The molecule has 0 spiro atoms. The van der Waals surface area contributed by atoms with E-state index < -0.39 is 0 Å². The van der Waals surface area contributed by atoms with Crippen molar-refractivity contribution in [3.05, 3.63) is 34.3 Å². The van der Waals surface area contributed by atoms with Gasteiger partial charge in [0.2, 0.25) is 0 Å². The van der Waals surface area contributed by atoms with Crippen molar-refractivity contribution in [1.82, 2.24) is 5.32 Å². The molecule has 0 aliphatic carbocycles. The summed E-state index contributed by atoms with van der Waals surface area (Å²) in [4.78, 5) is 0. The van der Waals surface area contributed by atoms with E-state index in [-0.39, 0.29) is 0 Å². The second kappa shape index (κ2) is 6.83. The predicted octanol–water partition coefficient (Wildman–Crippen LogP) is 2.77. The van der Waals surface area contributed by atoms with Crippen LogP contribution in [0.15, 0.2) is 18.2 Å². The van der Waals surface area contributed by atoms with Crippen molar-refractivity contribution in [2.24, 2.45) is 0 Å². The van der Waals surface area contributed by atoms with E-state index in [1.807, 2.05) is 19.1 Å². The molecule has 0 atom stereocenters. The van der Waals surface area contributed by atoms with Crippen molar-refractivity contribution in [2.75, 3.05) is 19.7 Å². The second-order valence-electron chi connectivity index (χ2n) is 3.50. The molecule has 0 aliphatic heterocycles. The van der Waals surface area contributed by atoms with Crippen molar-refractivity contribution in [3.63, 3.8) is 0 Å². The van der Waals surface area contributed by atoms with Gasteiger partial charge in [-0.3, -0.25) is 0 Å². The van der Waals surface area contributed by atoms with Gasteiger partial charge in [-0.05, 0) is 30.7 Å². The third-order valence-electron chi connectivity index (χ3n) is 2.14. The lowest BCUT2D eigenvalue weighted by Gasteiger charge is -2.07. The molecule has 84 valence electrons. The predicted molar refractivity (Wildman–Crippen MR) is 64.4 cm³/mol. The molecule has 0 aromatic heterocycles. The molecule has 0 heterocycles. The molecule has 2 nitrogen and oxygen atoms in total. The standard InChI is InChI=1S/C12H18ClNO/c1-3-14-6-7-15-9-11-5-4-10(2)8-12(11)13/h4-5,8,14H,3,6-7,9H2,1-2H3. The number of ether oxygens (including phenoxy) is 1. The molecule has 1 aromatic carbocycles. The number of hydrogen-bond donors (Lipinski definition) is 1. The van der Waals surface area contributed by atoms with Crippen LogP contribution >= 0.6 is 11.6 Å². The Labute approximate surface area is 96.6 Å². The molecule has 0 saturated heterocycles. The van der Waals surface area contributed by atoms with Gasteiger partial charge < -0.3 is 10.1 Å².